The lowest BCUT2D eigenvalue weighted by atomic mass is 11.2. The predicted molar refractivity (Wildman–Crippen MR) is 63.0 cm³/mol. The number of hydrogen-bond donors (Lipinski definition) is 1. The molecule has 0 spiro atoms. The van der Waals surface area contributed by atoms with Gasteiger partial charge in [0.15, 0.2) is 0 Å². The van der Waals surface area contributed by atoms with Crippen LogP contribution in [0.4, 0.5) is 0 Å². The topological polar surface area (TPSA) is 21.8 Å². The van der Waals surface area contributed by atoms with Crippen molar-refractivity contribution in [3.63, 3.8) is 0 Å². The first-order valence-electron chi connectivity index (χ1n) is 4.28. The Balaban J connectivity index is 0. The molecule has 0 saturated carbocycles. The van der Waals surface area contributed by atoms with Crippen LogP contribution in [0.3, 0.4) is 0 Å². The smallest absolute Gasteiger partial charge is 0.118 e. The lowest BCUT2D eigenvalue weighted by Gasteiger charge is -2.34. The van der Waals surface area contributed by atoms with Crippen LogP contribution in [0, 0.1) is 0 Å². The van der Waals surface area contributed by atoms with Gasteiger partial charge in [0.1, 0.15) is 8.37 Å². The minimum absolute atomic E-state index is 0.238. The van der Waals surface area contributed by atoms with E-state index >= 15 is 0 Å². The third-order valence-corrected chi connectivity index (χ3v) is 3.22. The molecule has 0 unspecified atom stereocenters. The maximum absolute atomic E-state index is 2.75. The molecule has 4 nitrogen and oxygen atoms in total. The maximum Gasteiger partial charge on any atom is 0.118 e. The van der Waals surface area contributed by atoms with Crippen LogP contribution >= 0.6 is 8.37 Å². The molecule has 0 aromatic heterocycles. The molecule has 13 heavy (non-hydrogen) atoms. The highest BCUT2D eigenvalue weighted by Gasteiger charge is 2.15. The van der Waals surface area contributed by atoms with Crippen molar-refractivity contribution in [1.82, 2.24) is 19.3 Å². The van der Waals surface area contributed by atoms with Crippen molar-refractivity contribution in [2.75, 3.05) is 56.4 Å². The fourth-order valence-corrected chi connectivity index (χ4v) is 3.22. The van der Waals surface area contributed by atoms with Crippen LogP contribution in [-0.4, -0.2) is 70.4 Å². The van der Waals surface area contributed by atoms with Crippen LogP contribution in [0.5, 0.6) is 0 Å². The van der Waals surface area contributed by atoms with Gasteiger partial charge in [0.2, 0.25) is 0 Å². The zero-order valence-corrected chi connectivity index (χ0v) is 11.2. The molecule has 0 radical (unpaired) electrons. The molecule has 82 valence electrons. The Morgan fingerprint density at radius 3 is 0.846 bits per heavy atom. The second-order valence-electron chi connectivity index (χ2n) is 3.31. The Morgan fingerprint density at radius 2 is 0.846 bits per heavy atom. The van der Waals surface area contributed by atoms with Crippen LogP contribution < -0.4 is 5.32 Å². The maximum atomic E-state index is 2.75. The average molecular weight is 208 g/mol. The molecule has 0 saturated heterocycles. The molecule has 5 heteroatoms. The Labute approximate surface area is 84.8 Å². The van der Waals surface area contributed by atoms with Crippen LogP contribution in [0.25, 0.3) is 0 Å². The SMILES string of the molecule is CN(C)P(N(C)C)N(C)C.CNC. The summed E-state index contributed by atoms with van der Waals surface area (Å²) < 4.78 is 6.69. The zero-order valence-electron chi connectivity index (χ0n) is 10.3. The van der Waals surface area contributed by atoms with E-state index in [2.05, 4.69) is 61.6 Å². The van der Waals surface area contributed by atoms with E-state index in [1.807, 2.05) is 14.1 Å². The van der Waals surface area contributed by atoms with Gasteiger partial charge < -0.3 is 5.32 Å². The van der Waals surface area contributed by atoms with Gasteiger partial charge in [-0.3, -0.25) is 14.0 Å². The lowest BCUT2D eigenvalue weighted by Crippen LogP contribution is -2.25. The highest BCUT2D eigenvalue weighted by molar-refractivity contribution is 7.49. The van der Waals surface area contributed by atoms with Crippen molar-refractivity contribution in [3.05, 3.63) is 0 Å². The zero-order chi connectivity index (χ0) is 11.0. The van der Waals surface area contributed by atoms with E-state index in [4.69, 9.17) is 0 Å². The molecule has 0 bridgehead atoms. The van der Waals surface area contributed by atoms with Crippen molar-refractivity contribution in [3.8, 4) is 0 Å². The molecule has 0 heterocycles. The second kappa shape index (κ2) is 8.85. The van der Waals surface area contributed by atoms with Crippen molar-refractivity contribution in [1.29, 1.82) is 0 Å². The minimum Gasteiger partial charge on any atom is -0.323 e. The molecule has 1 N–H and O–H groups in total. The van der Waals surface area contributed by atoms with E-state index in [-0.39, 0.29) is 8.37 Å². The van der Waals surface area contributed by atoms with E-state index < -0.39 is 0 Å². The molecule has 0 aromatic rings. The first-order valence-corrected chi connectivity index (χ1v) is 5.48. The normalized spacial score (nSPS) is 11.1. The van der Waals surface area contributed by atoms with E-state index in [9.17, 15) is 0 Å². The van der Waals surface area contributed by atoms with Crippen molar-refractivity contribution in [2.24, 2.45) is 0 Å². The molecule has 0 atom stereocenters. The summed E-state index contributed by atoms with van der Waals surface area (Å²) in [5, 5.41) is 2.75. The standard InChI is InChI=1S/C6H18N3P.C2H7N/c1-7(2)10(8(3)4)9(5)6;1-3-2/h1-6H3;3H,1-2H3. The summed E-state index contributed by atoms with van der Waals surface area (Å²) in [7, 11) is 16.1. The molecule has 0 aliphatic rings. The summed E-state index contributed by atoms with van der Waals surface area (Å²) in [5.74, 6) is 0. The van der Waals surface area contributed by atoms with E-state index in [1.54, 1.807) is 0 Å². The molecular formula is C8H25N4P. The fraction of sp³-hybridized carbons (Fsp3) is 1.00. The van der Waals surface area contributed by atoms with Crippen molar-refractivity contribution in [2.45, 2.75) is 0 Å². The van der Waals surface area contributed by atoms with Gasteiger partial charge in [-0.2, -0.15) is 0 Å². The average Bonchev–Trinajstić information content (AvgIpc) is 1.84. The van der Waals surface area contributed by atoms with Crippen molar-refractivity contribution >= 4 is 8.37 Å². The van der Waals surface area contributed by atoms with Gasteiger partial charge in [0, 0.05) is 0 Å². The van der Waals surface area contributed by atoms with E-state index in [0.29, 0.717) is 0 Å². The first-order chi connectivity index (χ1) is 5.88. The third kappa shape index (κ3) is 8.60. The predicted octanol–water partition coefficient (Wildman–Crippen LogP) is 0.734. The molecule has 0 aromatic carbocycles. The summed E-state index contributed by atoms with van der Waals surface area (Å²) in [6, 6.07) is 0. The van der Waals surface area contributed by atoms with Crippen LogP contribution in [0.15, 0.2) is 0 Å². The van der Waals surface area contributed by atoms with Gasteiger partial charge in [-0.1, -0.05) is 0 Å². The minimum atomic E-state index is -0.238. The number of nitrogens with one attached hydrogen (secondary N) is 1. The van der Waals surface area contributed by atoms with Crippen molar-refractivity contribution < 1.29 is 0 Å². The third-order valence-electron chi connectivity index (χ3n) is 1.07. The second-order valence-corrected chi connectivity index (χ2v) is 6.25. The highest BCUT2D eigenvalue weighted by atomic mass is 31.2. The van der Waals surface area contributed by atoms with Gasteiger partial charge in [0.25, 0.3) is 0 Å². The summed E-state index contributed by atoms with van der Waals surface area (Å²) >= 11 is 0. The quantitative estimate of drug-likeness (QED) is 0.690. The van der Waals surface area contributed by atoms with Gasteiger partial charge in [-0.25, -0.2) is 0 Å². The highest BCUT2D eigenvalue weighted by Crippen LogP contribution is 2.40. The molecule has 0 amide bonds. The Hall–Kier alpha value is 0.270. The molecular weight excluding hydrogens is 183 g/mol. The molecule has 0 aliphatic carbocycles. The summed E-state index contributed by atoms with van der Waals surface area (Å²) in [6.07, 6.45) is 0. The van der Waals surface area contributed by atoms with Gasteiger partial charge in [-0.15, -0.1) is 0 Å². The van der Waals surface area contributed by atoms with Crippen LogP contribution in [-0.2, 0) is 0 Å². The monoisotopic (exact) mass is 208 g/mol. The Bertz CT molecular complexity index is 87.3. The fourth-order valence-electron chi connectivity index (χ4n) is 1.07. The summed E-state index contributed by atoms with van der Waals surface area (Å²) in [4.78, 5) is 0. The largest absolute Gasteiger partial charge is 0.323 e. The van der Waals surface area contributed by atoms with E-state index in [1.165, 1.54) is 0 Å². The molecule has 0 rings (SSSR count). The number of nitrogens with zero attached hydrogens (tertiary/aromatic N) is 3. The van der Waals surface area contributed by atoms with E-state index in [0.717, 1.165) is 0 Å². The van der Waals surface area contributed by atoms with Gasteiger partial charge in [-0.05, 0) is 56.4 Å². The number of hydrogen-bond acceptors (Lipinski definition) is 4. The van der Waals surface area contributed by atoms with Gasteiger partial charge >= 0.3 is 0 Å². The molecule has 0 fully saturated rings. The lowest BCUT2D eigenvalue weighted by molar-refractivity contribution is 0.490. The van der Waals surface area contributed by atoms with Crippen LogP contribution in [0.1, 0.15) is 0 Å². The first kappa shape index (κ1) is 15.7. The summed E-state index contributed by atoms with van der Waals surface area (Å²) in [5.41, 5.74) is 0. The summed E-state index contributed by atoms with van der Waals surface area (Å²) in [6.45, 7) is 0. The molecule has 0 aliphatic heterocycles. The Morgan fingerprint density at radius 1 is 0.692 bits per heavy atom. The van der Waals surface area contributed by atoms with Crippen LogP contribution in [0.2, 0.25) is 0 Å². The van der Waals surface area contributed by atoms with Gasteiger partial charge in [0.05, 0.1) is 0 Å². The Kier molecular flexibility index (Phi) is 10.7. The number of rotatable bonds is 3.